The lowest BCUT2D eigenvalue weighted by molar-refractivity contribution is -0.113. The summed E-state index contributed by atoms with van der Waals surface area (Å²) >= 11 is 7.62. The number of halogens is 1. The van der Waals surface area contributed by atoms with Gasteiger partial charge >= 0.3 is 0 Å². The summed E-state index contributed by atoms with van der Waals surface area (Å²) in [4.78, 5) is 12.5. The zero-order valence-electron chi connectivity index (χ0n) is 16.7. The predicted octanol–water partition coefficient (Wildman–Crippen LogP) is 5.44. The molecule has 7 heteroatoms. The fraction of sp³-hybridized carbons (Fsp3) is 0.227. The number of carbonyl (C=O) groups is 1. The molecule has 0 saturated heterocycles. The van der Waals surface area contributed by atoms with Crippen LogP contribution in [0.25, 0.3) is 11.4 Å². The average Bonchev–Trinajstić information content (AvgIpc) is 3.06. The van der Waals surface area contributed by atoms with Crippen molar-refractivity contribution in [2.75, 3.05) is 11.1 Å². The maximum atomic E-state index is 12.5. The fourth-order valence-electron chi connectivity index (χ4n) is 2.98. The third-order valence-corrected chi connectivity index (χ3v) is 5.63. The molecular formula is C22H23ClN4OS. The molecular weight excluding hydrogens is 404 g/mol. The van der Waals surface area contributed by atoms with E-state index in [-0.39, 0.29) is 11.7 Å². The second-order valence-corrected chi connectivity index (χ2v) is 8.20. The normalized spacial score (nSPS) is 10.8. The van der Waals surface area contributed by atoms with Crippen LogP contribution in [0.15, 0.2) is 54.2 Å². The summed E-state index contributed by atoms with van der Waals surface area (Å²) in [5.41, 5.74) is 4.80. The van der Waals surface area contributed by atoms with Crippen LogP contribution in [0.1, 0.15) is 16.7 Å². The Bertz CT molecular complexity index is 1020. The van der Waals surface area contributed by atoms with E-state index >= 15 is 0 Å². The van der Waals surface area contributed by atoms with Crippen molar-refractivity contribution in [2.24, 2.45) is 0 Å². The van der Waals surface area contributed by atoms with Crippen molar-refractivity contribution in [3.05, 3.63) is 70.8 Å². The number of thioether (sulfide) groups is 1. The van der Waals surface area contributed by atoms with Gasteiger partial charge in [0.1, 0.15) is 0 Å². The minimum Gasteiger partial charge on any atom is -0.324 e. The first-order valence-corrected chi connectivity index (χ1v) is 10.6. The van der Waals surface area contributed by atoms with Crippen molar-refractivity contribution in [1.29, 1.82) is 0 Å². The number of nitrogens with zero attached hydrogens (tertiary/aromatic N) is 3. The average molecular weight is 427 g/mol. The molecule has 5 nitrogen and oxygen atoms in total. The van der Waals surface area contributed by atoms with Crippen LogP contribution in [0.2, 0.25) is 5.02 Å². The summed E-state index contributed by atoms with van der Waals surface area (Å²) in [6.07, 6.45) is 1.79. The molecule has 0 spiro atoms. The minimum atomic E-state index is -0.145. The number of hydrogen-bond donors (Lipinski definition) is 1. The van der Waals surface area contributed by atoms with Gasteiger partial charge in [0.15, 0.2) is 11.0 Å². The Hall–Kier alpha value is -2.57. The molecule has 0 aliphatic heterocycles. The lowest BCUT2D eigenvalue weighted by Crippen LogP contribution is -2.16. The van der Waals surface area contributed by atoms with Gasteiger partial charge in [0, 0.05) is 12.1 Å². The summed E-state index contributed by atoms with van der Waals surface area (Å²) in [5.74, 6) is 0.812. The van der Waals surface area contributed by atoms with Crippen LogP contribution >= 0.6 is 23.4 Å². The van der Waals surface area contributed by atoms with E-state index in [2.05, 4.69) is 22.1 Å². The molecule has 1 N–H and O–H groups in total. The summed E-state index contributed by atoms with van der Waals surface area (Å²) < 4.78 is 1.96. The molecule has 3 rings (SSSR count). The third kappa shape index (κ3) is 5.08. The highest BCUT2D eigenvalue weighted by molar-refractivity contribution is 7.99. The summed E-state index contributed by atoms with van der Waals surface area (Å²) in [7, 11) is 0. The van der Waals surface area contributed by atoms with Crippen LogP contribution in [0.3, 0.4) is 0 Å². The van der Waals surface area contributed by atoms with Crippen LogP contribution in [0.4, 0.5) is 5.69 Å². The maximum absolute atomic E-state index is 12.5. The molecule has 0 saturated carbocycles. The highest BCUT2D eigenvalue weighted by Crippen LogP contribution is 2.28. The lowest BCUT2D eigenvalue weighted by Gasteiger charge is -2.12. The van der Waals surface area contributed by atoms with E-state index < -0.39 is 0 Å². The molecule has 0 radical (unpaired) electrons. The Kier molecular flexibility index (Phi) is 6.77. The molecule has 29 heavy (non-hydrogen) atoms. The second kappa shape index (κ2) is 9.29. The smallest absolute Gasteiger partial charge is 0.234 e. The Balaban J connectivity index is 1.74. The monoisotopic (exact) mass is 426 g/mol. The van der Waals surface area contributed by atoms with Gasteiger partial charge in [-0.15, -0.1) is 16.8 Å². The number of amides is 1. The van der Waals surface area contributed by atoms with Gasteiger partial charge < -0.3 is 5.32 Å². The van der Waals surface area contributed by atoms with Gasteiger partial charge in [-0.3, -0.25) is 9.36 Å². The van der Waals surface area contributed by atoms with E-state index in [0.29, 0.717) is 22.4 Å². The molecule has 0 aliphatic carbocycles. The molecule has 0 unspecified atom stereocenters. The zero-order chi connectivity index (χ0) is 21.0. The van der Waals surface area contributed by atoms with Gasteiger partial charge in [0.2, 0.25) is 5.91 Å². The lowest BCUT2D eigenvalue weighted by atomic mass is 10.1. The number of carbonyl (C=O) groups excluding carboxylic acids is 1. The van der Waals surface area contributed by atoms with Crippen LogP contribution in [0, 0.1) is 20.8 Å². The number of allylic oxidation sites excluding steroid dienone is 1. The Morgan fingerprint density at radius 3 is 2.55 bits per heavy atom. The Morgan fingerprint density at radius 2 is 1.90 bits per heavy atom. The van der Waals surface area contributed by atoms with Crippen molar-refractivity contribution < 1.29 is 4.79 Å². The standard InChI is InChI=1S/C22H23ClN4OS/c1-5-10-27-21(17-8-6-14(2)7-9-17)25-26-22(27)29-13-19(28)24-20-16(4)11-15(3)12-18(20)23/h5-9,11-12H,1,10,13H2,2-4H3,(H,24,28). The van der Waals surface area contributed by atoms with E-state index in [0.717, 1.165) is 22.5 Å². The number of hydrogen-bond acceptors (Lipinski definition) is 4. The first-order valence-electron chi connectivity index (χ1n) is 9.19. The van der Waals surface area contributed by atoms with Gasteiger partial charge in [0.25, 0.3) is 0 Å². The maximum Gasteiger partial charge on any atom is 0.234 e. The van der Waals surface area contributed by atoms with Crippen molar-refractivity contribution >= 4 is 35.0 Å². The molecule has 0 aliphatic rings. The molecule has 0 fully saturated rings. The summed E-state index contributed by atoms with van der Waals surface area (Å²) in [6, 6.07) is 11.9. The third-order valence-electron chi connectivity index (χ3n) is 4.37. The van der Waals surface area contributed by atoms with Crippen LogP contribution in [-0.2, 0) is 11.3 Å². The molecule has 1 heterocycles. The Labute approximate surface area is 180 Å². The van der Waals surface area contributed by atoms with E-state index in [1.165, 1.54) is 17.3 Å². The highest BCUT2D eigenvalue weighted by atomic mass is 35.5. The van der Waals surface area contributed by atoms with Gasteiger partial charge in [-0.25, -0.2) is 0 Å². The van der Waals surface area contributed by atoms with Crippen LogP contribution < -0.4 is 5.32 Å². The van der Waals surface area contributed by atoms with Gasteiger partial charge in [-0.1, -0.05) is 65.3 Å². The topological polar surface area (TPSA) is 59.8 Å². The Morgan fingerprint density at radius 1 is 1.17 bits per heavy atom. The van der Waals surface area contributed by atoms with E-state index in [4.69, 9.17) is 11.6 Å². The van der Waals surface area contributed by atoms with E-state index in [1.807, 2.05) is 61.7 Å². The molecule has 0 atom stereocenters. The number of aryl methyl sites for hydroxylation is 3. The fourth-order valence-corrected chi connectivity index (χ4v) is 4.10. The molecule has 2 aromatic carbocycles. The molecule has 0 bridgehead atoms. The van der Waals surface area contributed by atoms with Gasteiger partial charge in [0.05, 0.1) is 16.5 Å². The van der Waals surface area contributed by atoms with Crippen LogP contribution in [0.5, 0.6) is 0 Å². The molecule has 1 amide bonds. The molecule has 3 aromatic rings. The number of benzene rings is 2. The second-order valence-electron chi connectivity index (χ2n) is 6.85. The number of nitrogens with one attached hydrogen (secondary N) is 1. The first-order chi connectivity index (χ1) is 13.9. The van der Waals surface area contributed by atoms with Crippen molar-refractivity contribution in [3.63, 3.8) is 0 Å². The first kappa shape index (κ1) is 21.1. The number of anilines is 1. The highest BCUT2D eigenvalue weighted by Gasteiger charge is 2.16. The minimum absolute atomic E-state index is 0.145. The summed E-state index contributed by atoms with van der Waals surface area (Å²) in [6.45, 7) is 10.3. The van der Waals surface area contributed by atoms with Gasteiger partial charge in [-0.2, -0.15) is 0 Å². The van der Waals surface area contributed by atoms with Crippen molar-refractivity contribution in [1.82, 2.24) is 14.8 Å². The van der Waals surface area contributed by atoms with E-state index in [9.17, 15) is 4.79 Å². The SMILES string of the molecule is C=CCn1c(SCC(=O)Nc2c(C)cc(C)cc2Cl)nnc1-c1ccc(C)cc1. The zero-order valence-corrected chi connectivity index (χ0v) is 18.3. The summed E-state index contributed by atoms with van der Waals surface area (Å²) in [5, 5.41) is 12.7. The van der Waals surface area contributed by atoms with Gasteiger partial charge in [-0.05, 0) is 38.0 Å². The molecule has 1 aromatic heterocycles. The molecule has 150 valence electrons. The number of rotatable bonds is 7. The van der Waals surface area contributed by atoms with Crippen molar-refractivity contribution in [3.8, 4) is 11.4 Å². The predicted molar refractivity (Wildman–Crippen MR) is 121 cm³/mol. The number of aromatic nitrogens is 3. The van der Waals surface area contributed by atoms with Crippen LogP contribution in [-0.4, -0.2) is 26.4 Å². The quantitative estimate of drug-likeness (QED) is 0.403. The largest absolute Gasteiger partial charge is 0.324 e. The van der Waals surface area contributed by atoms with Crippen molar-refractivity contribution in [2.45, 2.75) is 32.5 Å². The van der Waals surface area contributed by atoms with E-state index in [1.54, 1.807) is 6.08 Å².